The lowest BCUT2D eigenvalue weighted by atomic mass is 9.98. The van der Waals surface area contributed by atoms with Gasteiger partial charge in [0.1, 0.15) is 5.75 Å². The summed E-state index contributed by atoms with van der Waals surface area (Å²) in [5, 5.41) is 5.02. The smallest absolute Gasteiger partial charge is 0.243 e. The van der Waals surface area contributed by atoms with Crippen molar-refractivity contribution in [3.05, 3.63) is 66.2 Å². The van der Waals surface area contributed by atoms with Gasteiger partial charge in [-0.25, -0.2) is 8.42 Å². The third kappa shape index (κ3) is 4.29. The second-order valence-electron chi connectivity index (χ2n) is 7.85. The largest absolute Gasteiger partial charge is 0.496 e. The highest BCUT2D eigenvalue weighted by Crippen LogP contribution is 2.29. The highest BCUT2D eigenvalue weighted by molar-refractivity contribution is 7.89. The molecule has 0 bridgehead atoms. The normalized spacial score (nSPS) is 17.4. The van der Waals surface area contributed by atoms with Gasteiger partial charge in [-0.1, -0.05) is 36.4 Å². The van der Waals surface area contributed by atoms with Crippen molar-refractivity contribution in [3.8, 4) is 5.75 Å². The molecular weight excluding hydrogens is 412 g/mol. The average molecular weight is 439 g/mol. The molecule has 1 N–H and O–H groups in total. The third-order valence-corrected chi connectivity index (χ3v) is 7.67. The standard InChI is InChI=1S/C24H26N2O4S/c1-17-15-20(12-13-23(17)30-2)31(28,29)26-14-6-9-19(16-26)24(27)25-22-11-5-8-18-7-3-4-10-21(18)22/h3-5,7-8,10-13,15,19H,6,9,14,16H2,1-2H3,(H,25,27)/t19-/m0/s1. The number of hydrogen-bond donors (Lipinski definition) is 1. The molecule has 1 atom stereocenters. The monoisotopic (exact) mass is 438 g/mol. The van der Waals surface area contributed by atoms with Gasteiger partial charge in [0.25, 0.3) is 0 Å². The maximum absolute atomic E-state index is 13.2. The molecule has 0 spiro atoms. The number of aryl methyl sites for hydroxylation is 1. The number of nitrogens with one attached hydrogen (secondary N) is 1. The van der Waals surface area contributed by atoms with Gasteiger partial charge in [-0.2, -0.15) is 4.31 Å². The van der Waals surface area contributed by atoms with E-state index >= 15 is 0 Å². The Morgan fingerprint density at radius 1 is 1.10 bits per heavy atom. The summed E-state index contributed by atoms with van der Waals surface area (Å²) in [5.41, 5.74) is 1.50. The number of benzene rings is 3. The first-order valence-electron chi connectivity index (χ1n) is 10.3. The molecule has 1 fully saturated rings. The quantitative estimate of drug-likeness (QED) is 0.648. The first-order valence-corrected chi connectivity index (χ1v) is 11.8. The summed E-state index contributed by atoms with van der Waals surface area (Å²) in [5.74, 6) is 0.0916. The fourth-order valence-corrected chi connectivity index (χ4v) is 5.71. The lowest BCUT2D eigenvalue weighted by Gasteiger charge is -2.31. The molecular formula is C24H26N2O4S. The van der Waals surface area contributed by atoms with Gasteiger partial charge in [0.05, 0.1) is 17.9 Å². The van der Waals surface area contributed by atoms with Gasteiger partial charge >= 0.3 is 0 Å². The lowest BCUT2D eigenvalue weighted by molar-refractivity contribution is -0.120. The molecule has 0 unspecified atom stereocenters. The van der Waals surface area contributed by atoms with Crippen LogP contribution in [0, 0.1) is 12.8 Å². The number of anilines is 1. The van der Waals surface area contributed by atoms with Crippen LogP contribution < -0.4 is 10.1 Å². The van der Waals surface area contributed by atoms with E-state index in [1.807, 2.05) is 49.4 Å². The molecule has 1 saturated heterocycles. The van der Waals surface area contributed by atoms with Gasteiger partial charge in [0, 0.05) is 24.2 Å². The molecule has 6 nitrogen and oxygen atoms in total. The number of carbonyl (C=O) groups excluding carboxylic acids is 1. The van der Waals surface area contributed by atoms with E-state index in [1.165, 1.54) is 4.31 Å². The first-order chi connectivity index (χ1) is 14.9. The maximum atomic E-state index is 13.2. The Labute approximate surface area is 182 Å². The number of piperidine rings is 1. The summed E-state index contributed by atoms with van der Waals surface area (Å²) in [4.78, 5) is 13.2. The van der Waals surface area contributed by atoms with Crippen molar-refractivity contribution in [1.29, 1.82) is 0 Å². The van der Waals surface area contributed by atoms with E-state index in [9.17, 15) is 13.2 Å². The summed E-state index contributed by atoms with van der Waals surface area (Å²) in [6, 6.07) is 18.5. The SMILES string of the molecule is COc1ccc(S(=O)(=O)N2CCC[C@H](C(=O)Nc3cccc4ccccc34)C2)cc1C. The van der Waals surface area contributed by atoms with Crippen LogP contribution in [-0.4, -0.2) is 38.8 Å². The molecule has 0 radical (unpaired) electrons. The zero-order valence-corrected chi connectivity index (χ0v) is 18.5. The van der Waals surface area contributed by atoms with Crippen LogP contribution in [0.25, 0.3) is 10.8 Å². The Kier molecular flexibility index (Phi) is 5.98. The number of fused-ring (bicyclic) bond motifs is 1. The van der Waals surface area contributed by atoms with Crippen molar-refractivity contribution in [1.82, 2.24) is 4.31 Å². The van der Waals surface area contributed by atoms with E-state index in [-0.39, 0.29) is 17.3 Å². The number of amides is 1. The first kappa shape index (κ1) is 21.3. The molecule has 0 aliphatic carbocycles. The van der Waals surface area contributed by atoms with Crippen LogP contribution in [0.1, 0.15) is 18.4 Å². The molecule has 31 heavy (non-hydrogen) atoms. The Bertz CT molecular complexity index is 1220. The average Bonchev–Trinajstić information content (AvgIpc) is 2.79. The molecule has 1 amide bonds. The Hall–Kier alpha value is -2.90. The van der Waals surface area contributed by atoms with E-state index in [4.69, 9.17) is 4.74 Å². The maximum Gasteiger partial charge on any atom is 0.243 e. The van der Waals surface area contributed by atoms with Crippen LogP contribution in [0.2, 0.25) is 0 Å². The zero-order chi connectivity index (χ0) is 22.0. The summed E-state index contributed by atoms with van der Waals surface area (Å²) < 4.78 is 33.0. The summed E-state index contributed by atoms with van der Waals surface area (Å²) >= 11 is 0. The predicted molar refractivity (Wildman–Crippen MR) is 122 cm³/mol. The van der Waals surface area contributed by atoms with Crippen molar-refractivity contribution in [2.45, 2.75) is 24.7 Å². The number of methoxy groups -OCH3 is 1. The fraction of sp³-hybridized carbons (Fsp3) is 0.292. The highest BCUT2D eigenvalue weighted by atomic mass is 32.2. The van der Waals surface area contributed by atoms with Gasteiger partial charge in [0.2, 0.25) is 15.9 Å². The Balaban J connectivity index is 1.52. The Morgan fingerprint density at radius 3 is 2.65 bits per heavy atom. The van der Waals surface area contributed by atoms with Gasteiger partial charge in [0.15, 0.2) is 0 Å². The minimum absolute atomic E-state index is 0.151. The van der Waals surface area contributed by atoms with Crippen molar-refractivity contribution in [2.24, 2.45) is 5.92 Å². The molecule has 162 valence electrons. The molecule has 1 aliphatic rings. The van der Waals surface area contributed by atoms with Gasteiger partial charge in [-0.05, 0) is 55.0 Å². The molecule has 0 aromatic heterocycles. The molecule has 7 heteroatoms. The molecule has 1 aliphatic heterocycles. The number of carbonyl (C=O) groups is 1. The van der Waals surface area contributed by atoms with Crippen LogP contribution in [0.3, 0.4) is 0 Å². The second-order valence-corrected chi connectivity index (χ2v) is 9.79. The van der Waals surface area contributed by atoms with Crippen LogP contribution in [-0.2, 0) is 14.8 Å². The van der Waals surface area contributed by atoms with Gasteiger partial charge in [-0.3, -0.25) is 4.79 Å². The van der Waals surface area contributed by atoms with Crippen LogP contribution in [0.4, 0.5) is 5.69 Å². The predicted octanol–water partition coefficient (Wildman–Crippen LogP) is 4.20. The van der Waals surface area contributed by atoms with Crippen LogP contribution >= 0.6 is 0 Å². The van der Waals surface area contributed by atoms with E-state index in [0.29, 0.717) is 25.1 Å². The van der Waals surface area contributed by atoms with Gasteiger partial charge < -0.3 is 10.1 Å². The van der Waals surface area contributed by atoms with E-state index in [0.717, 1.165) is 22.0 Å². The van der Waals surface area contributed by atoms with Crippen molar-refractivity contribution in [3.63, 3.8) is 0 Å². The number of ether oxygens (including phenoxy) is 1. The number of hydrogen-bond acceptors (Lipinski definition) is 4. The van der Waals surface area contributed by atoms with Crippen molar-refractivity contribution < 1.29 is 17.9 Å². The molecule has 3 aromatic carbocycles. The highest BCUT2D eigenvalue weighted by Gasteiger charge is 2.33. The Morgan fingerprint density at radius 2 is 1.87 bits per heavy atom. The topological polar surface area (TPSA) is 75.7 Å². The van der Waals surface area contributed by atoms with E-state index in [1.54, 1.807) is 25.3 Å². The number of rotatable bonds is 5. The van der Waals surface area contributed by atoms with Crippen molar-refractivity contribution >= 4 is 32.4 Å². The zero-order valence-electron chi connectivity index (χ0n) is 17.7. The number of nitrogens with zero attached hydrogens (tertiary/aromatic N) is 1. The summed E-state index contributed by atoms with van der Waals surface area (Å²) in [7, 11) is -2.13. The van der Waals surface area contributed by atoms with Crippen LogP contribution in [0.15, 0.2) is 65.6 Å². The van der Waals surface area contributed by atoms with E-state index in [2.05, 4.69) is 5.32 Å². The van der Waals surface area contributed by atoms with Crippen LogP contribution in [0.5, 0.6) is 5.75 Å². The van der Waals surface area contributed by atoms with Gasteiger partial charge in [-0.15, -0.1) is 0 Å². The minimum atomic E-state index is -3.69. The third-order valence-electron chi connectivity index (χ3n) is 5.81. The fourth-order valence-electron chi connectivity index (χ4n) is 4.10. The second kappa shape index (κ2) is 8.69. The number of sulfonamides is 1. The minimum Gasteiger partial charge on any atom is -0.496 e. The summed E-state index contributed by atoms with van der Waals surface area (Å²) in [6.45, 7) is 2.39. The summed E-state index contributed by atoms with van der Waals surface area (Å²) in [6.07, 6.45) is 1.30. The molecule has 4 rings (SSSR count). The lowest BCUT2D eigenvalue weighted by Crippen LogP contribution is -2.43. The molecule has 0 saturated carbocycles. The molecule has 3 aromatic rings. The molecule has 1 heterocycles. The van der Waals surface area contributed by atoms with E-state index < -0.39 is 15.9 Å². The van der Waals surface area contributed by atoms with Crippen molar-refractivity contribution in [2.75, 3.05) is 25.5 Å².